The van der Waals surface area contributed by atoms with E-state index >= 15 is 0 Å². The van der Waals surface area contributed by atoms with E-state index in [4.69, 9.17) is 15.9 Å². The molecule has 3 unspecified atom stereocenters. The van der Waals surface area contributed by atoms with Gasteiger partial charge in [0.25, 0.3) is 0 Å². The normalized spacial score (nSPS) is 12.6. The lowest BCUT2D eigenvalue weighted by Gasteiger charge is -2.32. The zero-order chi connectivity index (χ0) is 33.7. The van der Waals surface area contributed by atoms with Gasteiger partial charge in [-0.15, -0.1) is 39.8 Å². The van der Waals surface area contributed by atoms with Crippen LogP contribution in [0.4, 0.5) is 0 Å². The van der Waals surface area contributed by atoms with Crippen LogP contribution >= 0.6 is 33.8 Å². The molecular weight excluding hydrogens is 717 g/mol. The van der Waals surface area contributed by atoms with Crippen LogP contribution in [0.3, 0.4) is 0 Å². The molecule has 0 radical (unpaired) electrons. The van der Waals surface area contributed by atoms with Crippen LogP contribution < -0.4 is 0 Å². The van der Waals surface area contributed by atoms with E-state index in [0.717, 1.165) is 27.8 Å². The summed E-state index contributed by atoms with van der Waals surface area (Å²) in [4.78, 5) is 0. The molecule has 0 aliphatic carbocycles. The van der Waals surface area contributed by atoms with Crippen LogP contribution in [0, 0.1) is 12.3 Å². The van der Waals surface area contributed by atoms with E-state index in [2.05, 4.69) is 98.6 Å². The molecule has 0 spiro atoms. The van der Waals surface area contributed by atoms with Gasteiger partial charge >= 0.3 is 0 Å². The summed E-state index contributed by atoms with van der Waals surface area (Å²) < 4.78 is 12.1. The maximum absolute atomic E-state index is 6.15. The summed E-state index contributed by atoms with van der Waals surface area (Å²) in [5.74, 6) is 2.81. The molecule has 46 heavy (non-hydrogen) atoms. The zero-order valence-electron chi connectivity index (χ0n) is 25.3. The zero-order valence-corrected chi connectivity index (χ0v) is 32.9. The fourth-order valence-electron chi connectivity index (χ4n) is 4.79. The third-order valence-corrected chi connectivity index (χ3v) is 8.82. The number of rotatable bonds is 8. The number of ether oxygens (including phenoxy) is 2. The van der Waals surface area contributed by atoms with Gasteiger partial charge in [-0.05, 0) is 23.7 Å². The highest BCUT2D eigenvalue weighted by molar-refractivity contribution is 8.65. The quantitative estimate of drug-likeness (QED) is 0.101. The first kappa shape index (κ1) is 40.4. The summed E-state index contributed by atoms with van der Waals surface area (Å²) in [5.41, 5.74) is 3.93. The van der Waals surface area contributed by atoms with Gasteiger partial charge < -0.3 is 9.47 Å². The monoisotopic (exact) mass is 754 g/mol. The third-order valence-electron chi connectivity index (χ3n) is 6.60. The van der Waals surface area contributed by atoms with Crippen LogP contribution in [0.1, 0.15) is 22.3 Å². The highest BCUT2D eigenvalue weighted by atomic mass is 33.2. The molecule has 3 atom stereocenters. The first-order valence-corrected chi connectivity index (χ1v) is 24.1. The first-order valence-electron chi connectivity index (χ1n) is 13.9. The highest BCUT2D eigenvalue weighted by Crippen LogP contribution is 2.59. The number of hydrogen-bond acceptors (Lipinski definition) is 4. The Hall–Kier alpha value is -1.82. The average molecular weight is 755 g/mol. The largest absolute Gasteiger partial charge is 0.357 e. The minimum absolute atomic E-state index is 0.130. The molecule has 4 aromatic rings. The van der Waals surface area contributed by atoms with Crippen molar-refractivity contribution in [3.63, 3.8) is 0 Å². The molecule has 0 saturated heterocycles. The minimum Gasteiger partial charge on any atom is -0.357 e. The first-order chi connectivity index (χ1) is 22.4. The molecule has 1 heterocycles. The topological polar surface area (TPSA) is 18.5 Å². The van der Waals surface area contributed by atoms with E-state index in [-0.39, 0.29) is 6.99 Å². The van der Waals surface area contributed by atoms with E-state index in [1.807, 2.05) is 103 Å². The van der Waals surface area contributed by atoms with E-state index in [1.165, 1.54) is 17.8 Å². The lowest BCUT2D eigenvalue weighted by Crippen LogP contribution is -2.29. The van der Waals surface area contributed by atoms with Gasteiger partial charge in [-0.25, -0.2) is 0 Å². The van der Waals surface area contributed by atoms with Crippen molar-refractivity contribution in [3.05, 3.63) is 181 Å². The average Bonchev–Trinajstić information content (AvgIpc) is 3.56. The van der Waals surface area contributed by atoms with Crippen molar-refractivity contribution in [2.75, 3.05) is 13.2 Å². The Bertz CT molecular complexity index is 1540. The van der Waals surface area contributed by atoms with Gasteiger partial charge in [0.15, 0.2) is 5.60 Å². The summed E-state index contributed by atoms with van der Waals surface area (Å²) in [6.07, 6.45) is 11.5. The van der Waals surface area contributed by atoms with Gasteiger partial charge in [0.05, 0.1) is 13.2 Å². The van der Waals surface area contributed by atoms with Crippen molar-refractivity contribution in [2.45, 2.75) is 11.2 Å². The maximum atomic E-state index is 6.15. The number of terminal acetylenes is 1. The van der Waals surface area contributed by atoms with Crippen molar-refractivity contribution in [1.82, 2.24) is 0 Å². The van der Waals surface area contributed by atoms with Crippen LogP contribution in [0.2, 0.25) is 0 Å². The van der Waals surface area contributed by atoms with Crippen molar-refractivity contribution in [3.8, 4) is 12.3 Å². The Morgan fingerprint density at radius 1 is 0.804 bits per heavy atom. The summed E-state index contributed by atoms with van der Waals surface area (Å²) in [5, 5.41) is 0. The second-order valence-corrected chi connectivity index (χ2v) is 24.5. The maximum Gasteiger partial charge on any atom is 0.179 e. The predicted octanol–water partition coefficient (Wildman–Crippen LogP) is 9.67. The highest BCUT2D eigenvalue weighted by Gasteiger charge is 2.40. The van der Waals surface area contributed by atoms with Crippen LogP contribution in [-0.2, 0) is 60.8 Å². The lowest BCUT2D eigenvalue weighted by molar-refractivity contribution is 0.0467. The molecule has 2 nitrogen and oxygen atoms in total. The van der Waals surface area contributed by atoms with E-state index in [1.54, 1.807) is 6.08 Å². The van der Waals surface area contributed by atoms with E-state index in [0.29, 0.717) is 13.2 Å². The molecule has 238 valence electrons. The van der Waals surface area contributed by atoms with Gasteiger partial charge in [0, 0.05) is 51.3 Å². The lowest BCUT2D eigenvalue weighted by atomic mass is 9.80. The van der Waals surface area contributed by atoms with Gasteiger partial charge in [-0.3, -0.25) is 0 Å². The molecule has 4 aromatic carbocycles. The van der Waals surface area contributed by atoms with Gasteiger partial charge in [-0.1, -0.05) is 152 Å². The van der Waals surface area contributed by atoms with Gasteiger partial charge in [-0.2, -0.15) is 0 Å². The van der Waals surface area contributed by atoms with Crippen molar-refractivity contribution in [1.29, 1.82) is 0 Å². The molecular formula is C36H38O2P4S4. The fourth-order valence-corrected chi connectivity index (χ4v) is 4.79. The molecule has 5 rings (SSSR count). The number of benzene rings is 4. The van der Waals surface area contributed by atoms with Gasteiger partial charge in [0.1, 0.15) is 5.60 Å². The van der Waals surface area contributed by atoms with Crippen molar-refractivity contribution >= 4 is 73.9 Å². The summed E-state index contributed by atoms with van der Waals surface area (Å²) >= 11 is 8.66. The molecule has 0 bridgehead atoms. The standard InChI is InChI=1S/2C18H16O.H6P4.S4/c1-2-15-13-14-19-18(15,16-9-5-3-6-10-16)17-11-7-4-8-12-17;1-3-15-19-18(4-2,16-11-7-5-8-12-16)17-13-9-6-10-14-17;1-4(2)3;1-3-4-2/h2-13H,1,14H2;2-3,5-14H,1,15H2;1-3H2;. The Balaban J connectivity index is 0.000000260. The molecule has 0 saturated carbocycles. The molecule has 10 heteroatoms. The molecule has 1 aliphatic heterocycles. The fraction of sp³-hybridized carbons (Fsp3) is 0.111. The van der Waals surface area contributed by atoms with Crippen molar-refractivity contribution < 1.29 is 9.47 Å². The van der Waals surface area contributed by atoms with Crippen molar-refractivity contribution in [2.24, 2.45) is 0 Å². The SMILES string of the molecule is C#CC(OCC=C)(c1ccccc1)c1ccccc1.C=CC1=CCOC1(c1ccccc1)c1ccccc1.PP(P)P.S=S=S=S. The second-order valence-electron chi connectivity index (χ2n) is 9.33. The summed E-state index contributed by atoms with van der Waals surface area (Å²) in [7, 11) is 10.3. The predicted molar refractivity (Wildman–Crippen MR) is 222 cm³/mol. The van der Waals surface area contributed by atoms with Crippen LogP contribution in [-0.4, -0.2) is 13.2 Å². The van der Waals surface area contributed by atoms with Crippen LogP contribution in [0.15, 0.2) is 158 Å². The minimum atomic E-state index is -0.864. The Morgan fingerprint density at radius 2 is 1.20 bits per heavy atom. The molecule has 0 N–H and O–H groups in total. The smallest absolute Gasteiger partial charge is 0.179 e. The van der Waals surface area contributed by atoms with Gasteiger partial charge in [0.2, 0.25) is 0 Å². The summed E-state index contributed by atoms with van der Waals surface area (Å²) in [6.45, 7) is 8.78. The Kier molecular flexibility index (Phi) is 19.9. The summed E-state index contributed by atoms with van der Waals surface area (Å²) in [6, 6.07) is 40.3. The second kappa shape index (κ2) is 22.7. The van der Waals surface area contributed by atoms with E-state index in [9.17, 15) is 0 Å². The Labute approximate surface area is 298 Å². The molecule has 1 aliphatic rings. The third kappa shape index (κ3) is 11.7. The van der Waals surface area contributed by atoms with Crippen LogP contribution in [0.25, 0.3) is 0 Å². The number of hydrogen-bond donors (Lipinski definition) is 0. The molecule has 0 amide bonds. The Morgan fingerprint density at radius 3 is 1.52 bits per heavy atom. The molecule has 0 aromatic heterocycles. The van der Waals surface area contributed by atoms with Crippen LogP contribution in [0.5, 0.6) is 0 Å². The van der Waals surface area contributed by atoms with E-state index < -0.39 is 11.2 Å². The molecule has 0 fully saturated rings.